The molecule has 0 saturated carbocycles. The van der Waals surface area contributed by atoms with Crippen LogP contribution in [0.2, 0.25) is 0 Å². The standard InChI is InChI=1S/C32H35N3O9/c1-14(2)13-44-31(42)34-17-7-5-15(6-8-17)18-9-10-21(36)23-19(18)11-16-12-20-25(35(3)4)27(38)24(30(33)41)29(40)32(20,43)28(39)22(16)26(23)37/h5-10,14,16,20,25,36,38-39,43H,11-13H2,1-4H3,(H2,33,41)(H,34,42). The Kier molecular flexibility index (Phi) is 7.77. The molecule has 7 N–H and O–H groups in total. The van der Waals surface area contributed by atoms with Gasteiger partial charge in [-0.25, -0.2) is 4.79 Å². The number of aliphatic hydroxyl groups is 3. The third-order valence-electron chi connectivity index (χ3n) is 8.60. The van der Waals surface area contributed by atoms with Crippen molar-refractivity contribution in [2.75, 3.05) is 26.0 Å². The molecule has 0 aromatic heterocycles. The predicted octanol–water partition coefficient (Wildman–Crippen LogP) is 2.99. The Balaban J connectivity index is 1.56. The molecule has 0 fully saturated rings. The van der Waals surface area contributed by atoms with Gasteiger partial charge in [0, 0.05) is 17.2 Å². The number of primary amides is 1. The number of benzene rings is 2. The Labute approximate surface area is 253 Å². The van der Waals surface area contributed by atoms with Crippen molar-refractivity contribution in [3.63, 3.8) is 0 Å². The molecule has 3 aliphatic rings. The van der Waals surface area contributed by atoms with Gasteiger partial charge in [0.2, 0.25) is 5.78 Å². The van der Waals surface area contributed by atoms with Crippen LogP contribution in [-0.2, 0) is 20.7 Å². The minimum atomic E-state index is -2.70. The van der Waals surface area contributed by atoms with Crippen LogP contribution < -0.4 is 11.1 Å². The summed E-state index contributed by atoms with van der Waals surface area (Å²) in [6, 6.07) is 8.77. The van der Waals surface area contributed by atoms with Crippen LogP contribution in [0.3, 0.4) is 0 Å². The lowest BCUT2D eigenvalue weighted by atomic mass is 9.58. The first-order chi connectivity index (χ1) is 20.7. The number of hydrogen-bond donors (Lipinski definition) is 6. The summed E-state index contributed by atoms with van der Waals surface area (Å²) in [5.41, 5.74) is 3.83. The van der Waals surface area contributed by atoms with Gasteiger partial charge in [-0.3, -0.25) is 24.6 Å². The number of phenols is 1. The number of allylic oxidation sites excluding steroid dienone is 1. The molecular weight excluding hydrogens is 570 g/mol. The van der Waals surface area contributed by atoms with Crippen molar-refractivity contribution in [2.45, 2.75) is 38.3 Å². The van der Waals surface area contributed by atoms with Gasteiger partial charge in [-0.2, -0.15) is 0 Å². The highest BCUT2D eigenvalue weighted by Crippen LogP contribution is 2.53. The Bertz CT molecular complexity index is 1640. The number of carbonyl (C=O) groups excluding carboxylic acids is 4. The summed E-state index contributed by atoms with van der Waals surface area (Å²) in [4.78, 5) is 53.1. The second-order valence-electron chi connectivity index (χ2n) is 12.1. The number of ether oxygens (including phenoxy) is 1. The summed E-state index contributed by atoms with van der Waals surface area (Å²) in [6.07, 6.45) is -0.446. The first-order valence-electron chi connectivity index (χ1n) is 14.2. The van der Waals surface area contributed by atoms with Gasteiger partial charge in [-0.1, -0.05) is 32.0 Å². The largest absolute Gasteiger partial charge is 0.510 e. The van der Waals surface area contributed by atoms with Crippen LogP contribution in [0.15, 0.2) is 59.1 Å². The minimum Gasteiger partial charge on any atom is -0.510 e. The number of fused-ring (bicyclic) bond motifs is 3. The number of phenolic OH excluding ortho intramolecular Hbond substituents is 1. The lowest BCUT2D eigenvalue weighted by Crippen LogP contribution is -2.63. The van der Waals surface area contributed by atoms with Crippen LogP contribution in [0.25, 0.3) is 11.1 Å². The number of carbonyl (C=O) groups is 4. The molecule has 4 atom stereocenters. The molecule has 0 aliphatic heterocycles. The van der Waals surface area contributed by atoms with E-state index < -0.39 is 64.1 Å². The number of Topliss-reactive ketones (excluding diaryl/α,β-unsaturated/α-hetero) is 2. The number of rotatable bonds is 6. The molecule has 4 unspecified atom stereocenters. The predicted molar refractivity (Wildman–Crippen MR) is 159 cm³/mol. The van der Waals surface area contributed by atoms with Gasteiger partial charge in [0.05, 0.1) is 18.2 Å². The molecule has 2 aromatic carbocycles. The Morgan fingerprint density at radius 1 is 1.09 bits per heavy atom. The Morgan fingerprint density at radius 2 is 1.75 bits per heavy atom. The fraction of sp³-hybridized carbons (Fsp3) is 0.375. The maximum absolute atomic E-state index is 13.9. The summed E-state index contributed by atoms with van der Waals surface area (Å²) in [5.74, 6) is -6.83. The molecule has 44 heavy (non-hydrogen) atoms. The van der Waals surface area contributed by atoms with Gasteiger partial charge >= 0.3 is 6.09 Å². The summed E-state index contributed by atoms with van der Waals surface area (Å²) in [6.45, 7) is 4.12. The monoisotopic (exact) mass is 605 g/mol. The van der Waals surface area contributed by atoms with E-state index in [4.69, 9.17) is 10.5 Å². The van der Waals surface area contributed by atoms with E-state index >= 15 is 0 Å². The second-order valence-corrected chi connectivity index (χ2v) is 12.1. The van der Waals surface area contributed by atoms with Gasteiger partial charge in [0.1, 0.15) is 22.8 Å². The number of aromatic hydroxyl groups is 1. The molecule has 12 nitrogen and oxygen atoms in total. The van der Waals surface area contributed by atoms with Crippen molar-refractivity contribution in [1.29, 1.82) is 0 Å². The number of hydrogen-bond acceptors (Lipinski definition) is 10. The lowest BCUT2D eigenvalue weighted by molar-refractivity contribution is -0.148. The molecule has 0 bridgehead atoms. The van der Waals surface area contributed by atoms with Crippen LogP contribution in [0.4, 0.5) is 10.5 Å². The quantitative estimate of drug-likeness (QED) is 0.266. The first-order valence-corrected chi connectivity index (χ1v) is 14.2. The van der Waals surface area contributed by atoms with Crippen molar-refractivity contribution in [2.24, 2.45) is 23.5 Å². The maximum atomic E-state index is 13.9. The summed E-state index contributed by atoms with van der Waals surface area (Å²) < 4.78 is 5.16. The molecule has 232 valence electrons. The van der Waals surface area contributed by atoms with Gasteiger partial charge in [0.25, 0.3) is 5.91 Å². The van der Waals surface area contributed by atoms with Crippen molar-refractivity contribution in [3.8, 4) is 16.9 Å². The number of anilines is 1. The summed E-state index contributed by atoms with van der Waals surface area (Å²) >= 11 is 0. The highest BCUT2D eigenvalue weighted by Gasteiger charge is 2.63. The molecule has 2 aromatic rings. The van der Waals surface area contributed by atoms with Gasteiger partial charge in [-0.05, 0) is 73.7 Å². The van der Waals surface area contributed by atoms with Crippen molar-refractivity contribution in [3.05, 3.63) is 70.2 Å². The van der Waals surface area contributed by atoms with E-state index in [0.29, 0.717) is 22.4 Å². The molecule has 2 amide bonds. The normalized spacial score (nSPS) is 24.7. The number of ketones is 2. The van der Waals surface area contributed by atoms with Crippen LogP contribution in [0, 0.1) is 17.8 Å². The van der Waals surface area contributed by atoms with Crippen LogP contribution in [0.5, 0.6) is 5.75 Å². The third kappa shape index (κ3) is 4.80. The van der Waals surface area contributed by atoms with Crippen LogP contribution in [0.1, 0.15) is 36.2 Å². The Morgan fingerprint density at radius 3 is 2.34 bits per heavy atom. The number of nitrogens with zero attached hydrogens (tertiary/aromatic N) is 1. The topological polar surface area (TPSA) is 200 Å². The molecule has 0 spiro atoms. The zero-order valence-corrected chi connectivity index (χ0v) is 24.7. The summed E-state index contributed by atoms with van der Waals surface area (Å²) in [7, 11) is 3.15. The van der Waals surface area contributed by atoms with E-state index in [1.54, 1.807) is 44.4 Å². The summed E-state index contributed by atoms with van der Waals surface area (Å²) in [5, 5.41) is 47.6. The van der Waals surface area contributed by atoms with Crippen molar-refractivity contribution < 1.29 is 44.3 Å². The number of likely N-dealkylation sites (N-methyl/N-ethyl adjacent to an activating group) is 1. The van der Waals surface area contributed by atoms with Gasteiger partial charge in [-0.15, -0.1) is 0 Å². The average Bonchev–Trinajstić information content (AvgIpc) is 2.94. The fourth-order valence-corrected chi connectivity index (χ4v) is 6.65. The highest BCUT2D eigenvalue weighted by atomic mass is 16.5. The molecule has 12 heteroatoms. The molecular formula is C32H35N3O9. The van der Waals surface area contributed by atoms with Crippen LogP contribution in [-0.4, -0.2) is 81.2 Å². The van der Waals surface area contributed by atoms with E-state index in [-0.39, 0.29) is 42.3 Å². The van der Waals surface area contributed by atoms with E-state index in [0.717, 1.165) is 0 Å². The number of aliphatic hydroxyl groups excluding tert-OH is 2. The zero-order chi connectivity index (χ0) is 32.2. The number of nitrogens with one attached hydrogen (secondary N) is 1. The lowest BCUT2D eigenvalue weighted by Gasteiger charge is -2.50. The first kappa shape index (κ1) is 30.8. The third-order valence-corrected chi connectivity index (χ3v) is 8.60. The van der Waals surface area contributed by atoms with Gasteiger partial charge in [0.15, 0.2) is 11.4 Å². The average molecular weight is 606 g/mol. The van der Waals surface area contributed by atoms with Crippen LogP contribution >= 0.6 is 0 Å². The molecule has 0 saturated heterocycles. The molecule has 3 aliphatic carbocycles. The second kappa shape index (κ2) is 11.1. The van der Waals surface area contributed by atoms with E-state index in [1.807, 2.05) is 13.8 Å². The number of nitrogens with two attached hydrogens (primary N) is 1. The smallest absolute Gasteiger partial charge is 0.411 e. The van der Waals surface area contributed by atoms with E-state index in [9.17, 15) is 39.6 Å². The molecule has 5 rings (SSSR count). The SMILES string of the molecule is CC(C)COC(=O)Nc1ccc(-c2ccc(O)c3c2CC2CC4C(N(C)C)C(O)=C(C(N)=O)C(=O)C4(O)C(O)=C2C3=O)cc1. The van der Waals surface area contributed by atoms with E-state index in [2.05, 4.69) is 5.32 Å². The number of amides is 2. The maximum Gasteiger partial charge on any atom is 0.411 e. The fourth-order valence-electron chi connectivity index (χ4n) is 6.65. The zero-order valence-electron chi connectivity index (χ0n) is 24.7. The molecule has 0 heterocycles. The minimum absolute atomic E-state index is 0.0117. The highest BCUT2D eigenvalue weighted by molar-refractivity contribution is 6.25. The van der Waals surface area contributed by atoms with Crippen molar-refractivity contribution >= 4 is 29.3 Å². The Hall–Kier alpha value is -4.68. The van der Waals surface area contributed by atoms with Gasteiger partial charge < -0.3 is 30.9 Å². The van der Waals surface area contributed by atoms with Crippen molar-refractivity contribution in [1.82, 2.24) is 4.90 Å². The van der Waals surface area contributed by atoms with E-state index in [1.165, 1.54) is 11.0 Å². The molecule has 0 radical (unpaired) electrons.